The van der Waals surface area contributed by atoms with Crippen LogP contribution < -0.4 is 0 Å². The minimum absolute atomic E-state index is 0.0714. The molecule has 0 spiro atoms. The molecule has 0 aromatic carbocycles. The number of halogens is 4. The molecular formula is C15H17F4NO2. The van der Waals surface area contributed by atoms with Gasteiger partial charge < -0.3 is 4.74 Å². The molecule has 7 heteroatoms. The Kier molecular flexibility index (Phi) is 5.03. The van der Waals surface area contributed by atoms with Crippen LogP contribution in [0.3, 0.4) is 0 Å². The van der Waals surface area contributed by atoms with Gasteiger partial charge >= 0.3 is 5.97 Å². The van der Waals surface area contributed by atoms with Crippen LogP contribution in [0.5, 0.6) is 0 Å². The standard InChI is InChI=1S/C15H17F4NO2/c1-22-14(21)10-4-5-11(13(16)17)20-12(10)9-3-2-7-15(18,19)8-6-9/h4-5,9,13H,2-3,6-8H2,1H3. The highest BCUT2D eigenvalue weighted by Crippen LogP contribution is 2.39. The Morgan fingerprint density at radius 3 is 2.68 bits per heavy atom. The van der Waals surface area contributed by atoms with Crippen molar-refractivity contribution in [2.24, 2.45) is 0 Å². The number of hydrogen-bond acceptors (Lipinski definition) is 3. The Morgan fingerprint density at radius 1 is 1.32 bits per heavy atom. The molecule has 1 aromatic rings. The molecule has 0 radical (unpaired) electrons. The second kappa shape index (κ2) is 6.62. The van der Waals surface area contributed by atoms with E-state index in [1.54, 1.807) is 0 Å². The van der Waals surface area contributed by atoms with E-state index >= 15 is 0 Å². The fraction of sp³-hybridized carbons (Fsp3) is 0.600. The monoisotopic (exact) mass is 319 g/mol. The quantitative estimate of drug-likeness (QED) is 0.468. The average molecular weight is 319 g/mol. The first-order valence-corrected chi connectivity index (χ1v) is 7.09. The van der Waals surface area contributed by atoms with Crippen LogP contribution >= 0.6 is 0 Å². The van der Waals surface area contributed by atoms with Crippen molar-refractivity contribution in [1.82, 2.24) is 4.98 Å². The molecule has 0 saturated heterocycles. The van der Waals surface area contributed by atoms with Crippen molar-refractivity contribution in [3.63, 3.8) is 0 Å². The van der Waals surface area contributed by atoms with Gasteiger partial charge in [-0.05, 0) is 31.4 Å². The lowest BCUT2D eigenvalue weighted by molar-refractivity contribution is -0.0142. The first kappa shape index (κ1) is 16.7. The van der Waals surface area contributed by atoms with Crippen molar-refractivity contribution in [2.75, 3.05) is 7.11 Å². The third-order valence-corrected chi connectivity index (χ3v) is 3.92. The third-order valence-electron chi connectivity index (χ3n) is 3.92. The molecule has 1 aliphatic rings. The molecule has 0 bridgehead atoms. The zero-order chi connectivity index (χ0) is 16.3. The maximum absolute atomic E-state index is 13.5. The van der Waals surface area contributed by atoms with E-state index in [0.29, 0.717) is 6.42 Å². The largest absolute Gasteiger partial charge is 0.465 e. The second-order valence-corrected chi connectivity index (χ2v) is 5.44. The van der Waals surface area contributed by atoms with Gasteiger partial charge in [0.25, 0.3) is 6.43 Å². The molecule has 1 aliphatic carbocycles. The van der Waals surface area contributed by atoms with Gasteiger partial charge in [-0.15, -0.1) is 0 Å². The van der Waals surface area contributed by atoms with Gasteiger partial charge in [0.05, 0.1) is 18.4 Å². The molecule has 2 rings (SSSR count). The number of esters is 1. The number of ether oxygens (including phenoxy) is 1. The average Bonchev–Trinajstić information content (AvgIpc) is 2.66. The summed E-state index contributed by atoms with van der Waals surface area (Å²) in [5.41, 5.74) is -0.247. The van der Waals surface area contributed by atoms with Crippen LogP contribution in [0, 0.1) is 0 Å². The summed E-state index contributed by atoms with van der Waals surface area (Å²) in [5, 5.41) is 0. The summed E-state index contributed by atoms with van der Waals surface area (Å²) in [7, 11) is 1.17. The number of rotatable bonds is 3. The van der Waals surface area contributed by atoms with E-state index < -0.39 is 29.9 Å². The Balaban J connectivity index is 2.37. The number of nitrogens with zero attached hydrogens (tertiary/aromatic N) is 1. The SMILES string of the molecule is COC(=O)c1ccc(C(F)F)nc1C1CCCC(F)(F)CC1. The van der Waals surface area contributed by atoms with Crippen molar-refractivity contribution in [2.45, 2.75) is 50.4 Å². The number of carbonyl (C=O) groups excluding carboxylic acids is 1. The van der Waals surface area contributed by atoms with Gasteiger partial charge in [0, 0.05) is 18.8 Å². The molecule has 1 heterocycles. The fourth-order valence-electron chi connectivity index (χ4n) is 2.74. The van der Waals surface area contributed by atoms with Gasteiger partial charge in [0.15, 0.2) is 0 Å². The minimum Gasteiger partial charge on any atom is -0.465 e. The lowest BCUT2D eigenvalue weighted by Gasteiger charge is -2.18. The molecule has 3 nitrogen and oxygen atoms in total. The van der Waals surface area contributed by atoms with Crippen molar-refractivity contribution < 1.29 is 27.1 Å². The zero-order valence-corrected chi connectivity index (χ0v) is 12.1. The summed E-state index contributed by atoms with van der Waals surface area (Å²) in [4.78, 5) is 15.6. The fourth-order valence-corrected chi connectivity index (χ4v) is 2.74. The first-order valence-electron chi connectivity index (χ1n) is 7.09. The molecule has 1 atom stereocenters. The van der Waals surface area contributed by atoms with E-state index in [-0.39, 0.29) is 36.9 Å². The smallest absolute Gasteiger partial charge is 0.339 e. The topological polar surface area (TPSA) is 39.2 Å². The van der Waals surface area contributed by atoms with Crippen LogP contribution in [0.15, 0.2) is 12.1 Å². The highest BCUT2D eigenvalue weighted by molar-refractivity contribution is 5.90. The van der Waals surface area contributed by atoms with E-state index in [4.69, 9.17) is 0 Å². The lowest BCUT2D eigenvalue weighted by atomic mass is 9.92. The van der Waals surface area contributed by atoms with E-state index in [1.165, 1.54) is 13.2 Å². The number of hydrogen-bond donors (Lipinski definition) is 0. The van der Waals surface area contributed by atoms with Gasteiger partial charge in [-0.3, -0.25) is 4.98 Å². The molecule has 0 amide bonds. The van der Waals surface area contributed by atoms with Crippen molar-refractivity contribution in [3.8, 4) is 0 Å². The second-order valence-electron chi connectivity index (χ2n) is 5.44. The summed E-state index contributed by atoms with van der Waals surface area (Å²) in [6.45, 7) is 0. The predicted molar refractivity (Wildman–Crippen MR) is 71.3 cm³/mol. The molecule has 122 valence electrons. The van der Waals surface area contributed by atoms with Gasteiger partial charge in [0.2, 0.25) is 5.92 Å². The van der Waals surface area contributed by atoms with Crippen molar-refractivity contribution in [3.05, 3.63) is 29.1 Å². The number of methoxy groups -OCH3 is 1. The van der Waals surface area contributed by atoms with Gasteiger partial charge in [-0.25, -0.2) is 22.4 Å². The molecule has 22 heavy (non-hydrogen) atoms. The number of carbonyl (C=O) groups is 1. The summed E-state index contributed by atoms with van der Waals surface area (Å²) in [6, 6.07) is 2.30. The summed E-state index contributed by atoms with van der Waals surface area (Å²) in [6.07, 6.45) is -2.59. The lowest BCUT2D eigenvalue weighted by Crippen LogP contribution is -2.15. The van der Waals surface area contributed by atoms with Crippen LogP contribution in [0.1, 0.15) is 66.2 Å². The normalized spacial score (nSPS) is 21.5. The molecule has 0 N–H and O–H groups in total. The first-order chi connectivity index (χ1) is 10.3. The Morgan fingerprint density at radius 2 is 2.05 bits per heavy atom. The predicted octanol–water partition coefficient (Wildman–Crippen LogP) is 4.49. The number of alkyl halides is 4. The number of pyridine rings is 1. The highest BCUT2D eigenvalue weighted by Gasteiger charge is 2.34. The van der Waals surface area contributed by atoms with Crippen LogP contribution in [0.4, 0.5) is 17.6 Å². The third kappa shape index (κ3) is 3.75. The highest BCUT2D eigenvalue weighted by atomic mass is 19.3. The summed E-state index contributed by atoms with van der Waals surface area (Å²) in [5.74, 6) is -3.89. The van der Waals surface area contributed by atoms with Gasteiger partial charge in [-0.1, -0.05) is 0 Å². The van der Waals surface area contributed by atoms with Crippen molar-refractivity contribution >= 4 is 5.97 Å². The Bertz CT molecular complexity index is 548. The zero-order valence-electron chi connectivity index (χ0n) is 12.1. The van der Waals surface area contributed by atoms with Crippen LogP contribution in [0.2, 0.25) is 0 Å². The maximum atomic E-state index is 13.5. The molecule has 1 aromatic heterocycles. The molecule has 1 fully saturated rings. The van der Waals surface area contributed by atoms with E-state index in [0.717, 1.165) is 6.07 Å². The van der Waals surface area contributed by atoms with Crippen molar-refractivity contribution in [1.29, 1.82) is 0 Å². The maximum Gasteiger partial charge on any atom is 0.339 e. The summed E-state index contributed by atoms with van der Waals surface area (Å²) >= 11 is 0. The van der Waals surface area contributed by atoms with Crippen LogP contribution in [-0.2, 0) is 4.74 Å². The molecule has 1 unspecified atom stereocenters. The van der Waals surface area contributed by atoms with Crippen LogP contribution in [0.25, 0.3) is 0 Å². The Hall–Kier alpha value is -1.66. The summed E-state index contributed by atoms with van der Waals surface area (Å²) < 4.78 is 57.2. The van der Waals surface area contributed by atoms with Gasteiger partial charge in [-0.2, -0.15) is 0 Å². The molecule has 1 saturated carbocycles. The molecule has 0 aliphatic heterocycles. The Labute approximate surface area is 125 Å². The molecular weight excluding hydrogens is 302 g/mol. The van der Waals surface area contributed by atoms with Crippen LogP contribution in [-0.4, -0.2) is 24.0 Å². The number of aromatic nitrogens is 1. The van der Waals surface area contributed by atoms with E-state index in [1.807, 2.05) is 0 Å². The van der Waals surface area contributed by atoms with E-state index in [9.17, 15) is 22.4 Å². The van der Waals surface area contributed by atoms with E-state index in [2.05, 4.69) is 9.72 Å². The minimum atomic E-state index is -2.78. The van der Waals surface area contributed by atoms with Gasteiger partial charge in [0.1, 0.15) is 5.69 Å².